The van der Waals surface area contributed by atoms with E-state index >= 15 is 0 Å². The van der Waals surface area contributed by atoms with Crippen LogP contribution in [0.5, 0.6) is 0 Å². The van der Waals surface area contributed by atoms with Gasteiger partial charge in [0.25, 0.3) is 0 Å². The van der Waals surface area contributed by atoms with Crippen molar-refractivity contribution in [1.82, 2.24) is 0 Å². The van der Waals surface area contributed by atoms with Gasteiger partial charge in [-0.1, -0.05) is 135 Å². The van der Waals surface area contributed by atoms with Crippen LogP contribution in [0.25, 0.3) is 0 Å². The highest BCUT2D eigenvalue weighted by molar-refractivity contribution is 5.31. The third-order valence-corrected chi connectivity index (χ3v) is 10.8. The molecule has 4 unspecified atom stereocenters. The summed E-state index contributed by atoms with van der Waals surface area (Å²) in [7, 11) is 0. The van der Waals surface area contributed by atoms with E-state index in [2.05, 4.69) is 135 Å². The SMILES string of the molecule is CC(C)(C1CC(c2ccccc2)C(O)C(c2ccccc2)C1)C1CC(c2ccccc2)C(O)C(c2ccccc2)C1. The highest BCUT2D eigenvalue weighted by atomic mass is 16.3. The lowest BCUT2D eigenvalue weighted by Crippen LogP contribution is -2.46. The summed E-state index contributed by atoms with van der Waals surface area (Å²) in [5.74, 6) is 1.28. The van der Waals surface area contributed by atoms with Gasteiger partial charge in [0, 0.05) is 23.7 Å². The number of benzene rings is 4. The van der Waals surface area contributed by atoms with Gasteiger partial charge in [-0.3, -0.25) is 0 Å². The fourth-order valence-electron chi connectivity index (χ4n) is 8.22. The van der Waals surface area contributed by atoms with Crippen molar-refractivity contribution < 1.29 is 10.2 Å². The van der Waals surface area contributed by atoms with Crippen molar-refractivity contribution in [3.05, 3.63) is 144 Å². The molecule has 0 heterocycles. The minimum absolute atomic E-state index is 0.0282. The fraction of sp³-hybridized carbons (Fsp3) is 0.385. The average molecular weight is 545 g/mol. The third kappa shape index (κ3) is 5.65. The minimum atomic E-state index is -0.408. The molecule has 4 aromatic carbocycles. The van der Waals surface area contributed by atoms with Crippen LogP contribution in [0.1, 0.15) is 85.5 Å². The molecule has 0 amide bonds. The second-order valence-electron chi connectivity index (χ2n) is 13.2. The van der Waals surface area contributed by atoms with Crippen LogP contribution in [0.2, 0.25) is 0 Å². The summed E-state index contributed by atoms with van der Waals surface area (Å²) in [5, 5.41) is 23.6. The van der Waals surface area contributed by atoms with Gasteiger partial charge in [-0.15, -0.1) is 0 Å². The molecule has 2 fully saturated rings. The van der Waals surface area contributed by atoms with Crippen molar-refractivity contribution in [2.75, 3.05) is 0 Å². The monoisotopic (exact) mass is 544 g/mol. The van der Waals surface area contributed by atoms with Crippen LogP contribution in [0.4, 0.5) is 0 Å². The van der Waals surface area contributed by atoms with Gasteiger partial charge in [-0.05, 0) is 65.2 Å². The van der Waals surface area contributed by atoms with Crippen LogP contribution in [-0.2, 0) is 0 Å². The molecule has 2 aliphatic carbocycles. The molecule has 0 spiro atoms. The highest BCUT2D eigenvalue weighted by Gasteiger charge is 2.50. The van der Waals surface area contributed by atoms with E-state index < -0.39 is 12.2 Å². The van der Waals surface area contributed by atoms with Gasteiger partial charge in [-0.2, -0.15) is 0 Å². The zero-order chi connectivity index (χ0) is 28.4. The third-order valence-electron chi connectivity index (χ3n) is 10.8. The van der Waals surface area contributed by atoms with Crippen LogP contribution in [-0.4, -0.2) is 22.4 Å². The lowest BCUT2D eigenvalue weighted by molar-refractivity contribution is -0.0305. The standard InChI is InChI=1S/C39H44O2/c1-39(2,31-23-33(27-15-7-3-8-16-27)37(40)34(24-31)28-17-9-4-10-18-28)32-25-35(29-19-11-5-12-20-29)38(41)36(26-32)30-21-13-6-14-22-30/h3-22,31-38,40-41H,23-26H2,1-2H3. The zero-order valence-electron chi connectivity index (χ0n) is 24.4. The molecule has 6 rings (SSSR count). The maximum Gasteiger partial charge on any atom is 0.0677 e. The number of hydrogen-bond donors (Lipinski definition) is 2. The van der Waals surface area contributed by atoms with Gasteiger partial charge in [0.1, 0.15) is 0 Å². The lowest BCUT2D eigenvalue weighted by Gasteiger charge is -2.52. The number of aliphatic hydroxyl groups is 2. The van der Waals surface area contributed by atoms with Crippen LogP contribution in [0.15, 0.2) is 121 Å². The molecule has 2 N–H and O–H groups in total. The molecule has 0 radical (unpaired) electrons. The Bertz CT molecular complexity index is 1160. The highest BCUT2D eigenvalue weighted by Crippen LogP contribution is 2.57. The first-order chi connectivity index (χ1) is 19.9. The normalized spacial score (nSPS) is 30.5. The van der Waals surface area contributed by atoms with E-state index in [4.69, 9.17) is 0 Å². The van der Waals surface area contributed by atoms with Crippen LogP contribution >= 0.6 is 0 Å². The van der Waals surface area contributed by atoms with Crippen molar-refractivity contribution in [1.29, 1.82) is 0 Å². The summed E-state index contributed by atoms with van der Waals surface area (Å²) < 4.78 is 0. The number of hydrogen-bond acceptors (Lipinski definition) is 2. The van der Waals surface area contributed by atoms with E-state index in [0.29, 0.717) is 11.8 Å². The second-order valence-corrected chi connectivity index (χ2v) is 13.2. The van der Waals surface area contributed by atoms with E-state index in [9.17, 15) is 10.2 Å². The van der Waals surface area contributed by atoms with E-state index in [-0.39, 0.29) is 29.1 Å². The maximum atomic E-state index is 11.8. The Balaban J connectivity index is 1.36. The van der Waals surface area contributed by atoms with Gasteiger partial charge in [0.05, 0.1) is 12.2 Å². The van der Waals surface area contributed by atoms with Crippen LogP contribution in [0.3, 0.4) is 0 Å². The molecule has 212 valence electrons. The van der Waals surface area contributed by atoms with Gasteiger partial charge in [0.15, 0.2) is 0 Å². The summed E-state index contributed by atoms with van der Waals surface area (Å²) in [5.41, 5.74) is 4.99. The summed E-state index contributed by atoms with van der Waals surface area (Å²) in [6.45, 7) is 4.96. The summed E-state index contributed by atoms with van der Waals surface area (Å²) in [6.07, 6.45) is 3.10. The van der Waals surface area contributed by atoms with Crippen molar-refractivity contribution in [3.8, 4) is 0 Å². The first-order valence-corrected chi connectivity index (χ1v) is 15.5. The van der Waals surface area contributed by atoms with Gasteiger partial charge >= 0.3 is 0 Å². The second kappa shape index (κ2) is 12.0. The summed E-state index contributed by atoms with van der Waals surface area (Å²) in [6, 6.07) is 42.6. The smallest absolute Gasteiger partial charge is 0.0677 e. The lowest BCUT2D eigenvalue weighted by atomic mass is 9.53. The first-order valence-electron chi connectivity index (χ1n) is 15.5. The molecular weight excluding hydrogens is 500 g/mol. The molecule has 2 heteroatoms. The molecule has 4 aromatic rings. The Morgan fingerprint density at radius 3 is 0.854 bits per heavy atom. The first kappa shape index (κ1) is 27.9. The predicted octanol–water partition coefficient (Wildman–Crippen LogP) is 8.69. The van der Waals surface area contributed by atoms with E-state index in [1.54, 1.807) is 0 Å². The zero-order valence-corrected chi connectivity index (χ0v) is 24.4. The molecule has 0 bridgehead atoms. The molecular formula is C39H44O2. The average Bonchev–Trinajstić information content (AvgIpc) is 3.03. The molecule has 4 atom stereocenters. The van der Waals surface area contributed by atoms with E-state index in [1.807, 2.05) is 0 Å². The Kier molecular flexibility index (Phi) is 8.15. The van der Waals surface area contributed by atoms with E-state index in [0.717, 1.165) is 25.7 Å². The largest absolute Gasteiger partial charge is 0.392 e. The Labute approximate surface area is 246 Å². The van der Waals surface area contributed by atoms with Crippen molar-refractivity contribution >= 4 is 0 Å². The Hall–Kier alpha value is -3.20. The Morgan fingerprint density at radius 1 is 0.415 bits per heavy atom. The van der Waals surface area contributed by atoms with Crippen LogP contribution in [0, 0.1) is 17.3 Å². The van der Waals surface area contributed by atoms with Gasteiger partial charge in [-0.25, -0.2) is 0 Å². The van der Waals surface area contributed by atoms with E-state index in [1.165, 1.54) is 22.3 Å². The molecule has 2 nitrogen and oxygen atoms in total. The molecule has 0 saturated heterocycles. The fourth-order valence-corrected chi connectivity index (χ4v) is 8.22. The van der Waals surface area contributed by atoms with Crippen molar-refractivity contribution in [2.45, 2.75) is 75.4 Å². The summed E-state index contributed by atoms with van der Waals surface area (Å²) in [4.78, 5) is 0. The molecule has 41 heavy (non-hydrogen) atoms. The van der Waals surface area contributed by atoms with Crippen molar-refractivity contribution in [3.63, 3.8) is 0 Å². The van der Waals surface area contributed by atoms with Gasteiger partial charge in [0.2, 0.25) is 0 Å². The molecule has 0 aromatic heterocycles. The maximum absolute atomic E-state index is 11.8. The van der Waals surface area contributed by atoms with Crippen molar-refractivity contribution in [2.24, 2.45) is 17.3 Å². The predicted molar refractivity (Wildman–Crippen MR) is 168 cm³/mol. The molecule has 2 saturated carbocycles. The number of rotatable bonds is 6. The quantitative estimate of drug-likeness (QED) is 0.255. The Morgan fingerprint density at radius 2 is 0.634 bits per heavy atom. The summed E-state index contributed by atoms with van der Waals surface area (Å²) >= 11 is 0. The topological polar surface area (TPSA) is 40.5 Å². The molecule has 0 aliphatic heterocycles. The minimum Gasteiger partial charge on any atom is -0.392 e. The number of aliphatic hydroxyl groups excluding tert-OH is 2. The van der Waals surface area contributed by atoms with Gasteiger partial charge < -0.3 is 10.2 Å². The molecule has 2 aliphatic rings. The van der Waals surface area contributed by atoms with Crippen LogP contribution < -0.4 is 0 Å².